The smallest absolute Gasteiger partial charge is 0.296 e. The number of fused-ring (bicyclic) bond motifs is 2. The van der Waals surface area contributed by atoms with Gasteiger partial charge in [0.25, 0.3) is 20.2 Å². The highest BCUT2D eigenvalue weighted by Crippen LogP contribution is 2.50. The molecule has 0 aromatic heterocycles. The zero-order chi connectivity index (χ0) is 39.4. The molecule has 0 fully saturated rings. The van der Waals surface area contributed by atoms with Gasteiger partial charge >= 0.3 is 0 Å². The van der Waals surface area contributed by atoms with Crippen LogP contribution in [0.2, 0.25) is 0 Å². The molecule has 0 aliphatic rings. The molecule has 0 radical (unpaired) electrons. The zero-order valence-corrected chi connectivity index (χ0v) is 30.2. The quantitative estimate of drug-likeness (QED) is 0.0140. The Kier molecular flexibility index (Phi) is 12.3. The first-order valence-corrected chi connectivity index (χ1v) is 18.5. The number of rotatable bonds is 14. The maximum absolute atomic E-state index is 12.1. The summed E-state index contributed by atoms with van der Waals surface area (Å²) in [6, 6.07) is 11.4. The normalized spacial score (nSPS) is 12.6. The van der Waals surface area contributed by atoms with Gasteiger partial charge < -0.3 is 20.7 Å². The largest absolute Gasteiger partial charge is 0.505 e. The minimum absolute atomic E-state index is 0.0211. The molecule has 0 atom stereocenters. The second-order valence-electron chi connectivity index (χ2n) is 10.2. The van der Waals surface area contributed by atoms with E-state index in [9.17, 15) is 36.2 Å². The van der Waals surface area contributed by atoms with Crippen molar-refractivity contribution in [2.24, 2.45) is 30.7 Å². The highest BCUT2D eigenvalue weighted by Gasteiger charge is 2.26. The van der Waals surface area contributed by atoms with Crippen LogP contribution in [0, 0.1) is 0 Å². The van der Waals surface area contributed by atoms with Gasteiger partial charge in [-0.3, -0.25) is 9.11 Å². The van der Waals surface area contributed by atoms with Crippen LogP contribution in [0.4, 0.5) is 34.1 Å². The van der Waals surface area contributed by atoms with E-state index in [0.29, 0.717) is 24.1 Å². The van der Waals surface area contributed by atoms with Gasteiger partial charge in [-0.05, 0) is 59.3 Å². The van der Waals surface area contributed by atoms with Crippen LogP contribution in [-0.2, 0) is 39.0 Å². The molecule has 0 heterocycles. The SMILES string of the molecule is CN=Nc1c(S(=O)(=O)O)cc2cc(SOOO)c(N=Nc3ccc4c(O)c(N=Nc5ccc(OC)cc5S(=O)(=O)O)c(SOOO)cc4c3)c(N)c2c1O. The summed E-state index contributed by atoms with van der Waals surface area (Å²) < 4.78 is 81.6. The molecule has 54 heavy (non-hydrogen) atoms. The Morgan fingerprint density at radius 3 is 1.93 bits per heavy atom. The Morgan fingerprint density at radius 1 is 0.685 bits per heavy atom. The minimum Gasteiger partial charge on any atom is -0.505 e. The standard InChI is InChI=1S/C28H23N7O15S4/c1-30-33-26-21(54(43,44)45)10-13-9-18(51-49-47-38)24(23(29)22(13)28(26)37)34-31-14-3-5-16-12(7-14)8-19(52-50-48-39)25(27(16)36)35-32-17-6-4-15(46-2)11-20(17)53(40,41)42/h3-11,36-39H,29H2,1-2H3,(H,40,41,42)(H,43,44,45). The van der Waals surface area contributed by atoms with Crippen molar-refractivity contribution in [3.05, 3.63) is 54.6 Å². The lowest BCUT2D eigenvalue weighted by Gasteiger charge is -2.14. The van der Waals surface area contributed by atoms with Crippen molar-refractivity contribution >= 4 is 100.0 Å². The number of benzene rings is 5. The molecule has 5 rings (SSSR count). The molecule has 26 heteroatoms. The number of azo groups is 3. The summed E-state index contributed by atoms with van der Waals surface area (Å²) in [6.45, 7) is 0. The van der Waals surface area contributed by atoms with E-state index in [0.717, 1.165) is 12.1 Å². The number of nitrogen functional groups attached to an aromatic ring is 1. The number of phenols is 2. The first-order chi connectivity index (χ1) is 25.6. The van der Waals surface area contributed by atoms with E-state index in [4.69, 9.17) is 21.0 Å². The Morgan fingerprint density at radius 2 is 1.31 bits per heavy atom. The van der Waals surface area contributed by atoms with Crippen LogP contribution in [-0.4, -0.2) is 60.8 Å². The molecule has 0 aliphatic heterocycles. The molecule has 8 N–H and O–H groups in total. The zero-order valence-electron chi connectivity index (χ0n) is 26.9. The summed E-state index contributed by atoms with van der Waals surface area (Å²) in [5.74, 6) is -1.17. The van der Waals surface area contributed by atoms with Crippen molar-refractivity contribution in [1.82, 2.24) is 0 Å². The maximum atomic E-state index is 12.1. The van der Waals surface area contributed by atoms with E-state index >= 15 is 0 Å². The number of hydrogen-bond donors (Lipinski definition) is 7. The maximum Gasteiger partial charge on any atom is 0.296 e. The van der Waals surface area contributed by atoms with Crippen LogP contribution in [0.1, 0.15) is 0 Å². The fraction of sp³-hybridized carbons (Fsp3) is 0.0714. The fourth-order valence-corrected chi connectivity index (χ4v) is 7.16. The predicted molar refractivity (Wildman–Crippen MR) is 188 cm³/mol. The molecule has 0 amide bonds. The molecule has 0 saturated heterocycles. The Bertz CT molecular complexity index is 2590. The van der Waals surface area contributed by atoms with E-state index in [1.165, 1.54) is 56.6 Å². The molecule has 5 aromatic carbocycles. The van der Waals surface area contributed by atoms with Crippen LogP contribution in [0.15, 0.2) is 105 Å². The average Bonchev–Trinajstić information content (AvgIpc) is 3.12. The van der Waals surface area contributed by atoms with Gasteiger partial charge in [0.15, 0.2) is 11.5 Å². The van der Waals surface area contributed by atoms with Crippen molar-refractivity contribution < 1.29 is 70.1 Å². The van der Waals surface area contributed by atoms with Gasteiger partial charge in [0.2, 0.25) is 0 Å². The van der Waals surface area contributed by atoms with Gasteiger partial charge in [0.1, 0.15) is 38.3 Å². The molecule has 0 unspecified atom stereocenters. The van der Waals surface area contributed by atoms with Gasteiger partial charge in [-0.25, -0.2) is 10.5 Å². The van der Waals surface area contributed by atoms with E-state index < -0.39 is 47.2 Å². The first-order valence-electron chi connectivity index (χ1n) is 14.1. The van der Waals surface area contributed by atoms with Gasteiger partial charge in [0.05, 0.1) is 57.7 Å². The Hall–Kier alpha value is -5.10. The van der Waals surface area contributed by atoms with Crippen LogP contribution in [0.5, 0.6) is 17.2 Å². The highest BCUT2D eigenvalue weighted by atomic mass is 32.2. The van der Waals surface area contributed by atoms with Gasteiger partial charge in [-0.1, -0.05) is 10.1 Å². The Labute approximate surface area is 311 Å². The van der Waals surface area contributed by atoms with Crippen molar-refractivity contribution in [3.8, 4) is 17.2 Å². The van der Waals surface area contributed by atoms with E-state index in [1.54, 1.807) is 0 Å². The third-order valence-electron chi connectivity index (χ3n) is 7.10. The molecule has 0 spiro atoms. The van der Waals surface area contributed by atoms with Crippen molar-refractivity contribution in [3.63, 3.8) is 0 Å². The number of nitrogens with zero attached hydrogens (tertiary/aromatic N) is 6. The fourth-order valence-electron chi connectivity index (χ4n) is 4.86. The number of hydrogen-bond acceptors (Lipinski definition) is 22. The third-order valence-corrected chi connectivity index (χ3v) is 10.1. The van der Waals surface area contributed by atoms with Crippen LogP contribution >= 0.6 is 24.1 Å². The summed E-state index contributed by atoms with van der Waals surface area (Å²) in [4.78, 5) is -1.47. The number of aromatic hydroxyl groups is 2. The van der Waals surface area contributed by atoms with Crippen molar-refractivity contribution in [2.75, 3.05) is 19.9 Å². The van der Waals surface area contributed by atoms with Gasteiger partial charge in [-0.2, -0.15) is 32.2 Å². The molecular formula is C28H23N7O15S4. The monoisotopic (exact) mass is 825 g/mol. The average molecular weight is 826 g/mol. The van der Waals surface area contributed by atoms with E-state index in [-0.39, 0.29) is 65.5 Å². The van der Waals surface area contributed by atoms with E-state index in [2.05, 4.69) is 49.4 Å². The Balaban J connectivity index is 1.62. The third kappa shape index (κ3) is 8.49. The molecule has 5 aromatic rings. The molecule has 0 bridgehead atoms. The predicted octanol–water partition coefficient (Wildman–Crippen LogP) is 7.89. The molecule has 22 nitrogen and oxygen atoms in total. The molecule has 0 saturated carbocycles. The molecule has 284 valence electrons. The lowest BCUT2D eigenvalue weighted by Crippen LogP contribution is -2.00. The topological polar surface area (TPSA) is 336 Å². The summed E-state index contributed by atoms with van der Waals surface area (Å²) in [6.07, 6.45) is 0. The highest BCUT2D eigenvalue weighted by molar-refractivity contribution is 7.95. The first kappa shape index (κ1) is 40.1. The lowest BCUT2D eigenvalue weighted by atomic mass is 10.1. The molecule has 0 aliphatic carbocycles. The number of phenolic OH excluding ortho intramolecular Hbond substituents is 2. The summed E-state index contributed by atoms with van der Waals surface area (Å²) in [5.41, 5.74) is 4.84. The second-order valence-corrected chi connectivity index (χ2v) is 14.5. The number of methoxy groups -OCH3 is 1. The van der Waals surface area contributed by atoms with Crippen LogP contribution < -0.4 is 10.5 Å². The number of ether oxygens (including phenoxy) is 1. The summed E-state index contributed by atoms with van der Waals surface area (Å²) in [5, 5.41) is 70.6. The van der Waals surface area contributed by atoms with Crippen molar-refractivity contribution in [2.45, 2.75) is 19.6 Å². The van der Waals surface area contributed by atoms with Crippen molar-refractivity contribution in [1.29, 1.82) is 0 Å². The lowest BCUT2D eigenvalue weighted by molar-refractivity contribution is -0.432. The second kappa shape index (κ2) is 16.5. The minimum atomic E-state index is -4.92. The van der Waals surface area contributed by atoms with E-state index in [1.807, 2.05) is 0 Å². The van der Waals surface area contributed by atoms with Crippen LogP contribution in [0.3, 0.4) is 0 Å². The number of anilines is 1. The summed E-state index contributed by atoms with van der Waals surface area (Å²) >= 11 is 0.751. The van der Waals surface area contributed by atoms with Crippen LogP contribution in [0.25, 0.3) is 21.5 Å². The van der Waals surface area contributed by atoms with Gasteiger partial charge in [0, 0.05) is 18.5 Å². The number of nitrogens with two attached hydrogens (primary N) is 1. The molecular weight excluding hydrogens is 803 g/mol. The van der Waals surface area contributed by atoms with Gasteiger partial charge in [-0.15, -0.1) is 24.0 Å². The summed E-state index contributed by atoms with van der Waals surface area (Å²) in [7, 11) is -7.23.